The van der Waals surface area contributed by atoms with Crippen LogP contribution < -0.4 is 0 Å². The monoisotopic (exact) mass is 412 g/mol. The molecule has 1 heterocycles. The van der Waals surface area contributed by atoms with E-state index in [1.54, 1.807) is 11.0 Å². The first-order valence-electron chi connectivity index (χ1n) is 10.4. The molecule has 0 radical (unpaired) electrons. The second-order valence-electron chi connectivity index (χ2n) is 9.33. The Bertz CT molecular complexity index is 724. The van der Waals surface area contributed by atoms with Gasteiger partial charge in [0, 0.05) is 11.6 Å². The molecule has 7 heteroatoms. The van der Waals surface area contributed by atoms with Crippen LogP contribution in [0.25, 0.3) is 0 Å². The first-order chi connectivity index (χ1) is 13.5. The van der Waals surface area contributed by atoms with E-state index >= 15 is 0 Å². The molecule has 1 saturated carbocycles. The maximum Gasteiger partial charge on any atom is 0.416 e. The van der Waals surface area contributed by atoms with E-state index in [2.05, 4.69) is 4.90 Å². The fourth-order valence-electron chi connectivity index (χ4n) is 5.10. The van der Waals surface area contributed by atoms with Crippen LogP contribution in [0.5, 0.6) is 0 Å². The Morgan fingerprint density at radius 3 is 2.34 bits per heavy atom. The molecule has 0 bridgehead atoms. The van der Waals surface area contributed by atoms with Crippen molar-refractivity contribution in [3.63, 3.8) is 0 Å². The van der Waals surface area contributed by atoms with Gasteiger partial charge in [0.25, 0.3) is 0 Å². The quantitative estimate of drug-likeness (QED) is 0.704. The summed E-state index contributed by atoms with van der Waals surface area (Å²) in [5.41, 5.74) is -0.436. The summed E-state index contributed by atoms with van der Waals surface area (Å²) in [6.45, 7) is 7.56. The summed E-state index contributed by atoms with van der Waals surface area (Å²) >= 11 is 0. The summed E-state index contributed by atoms with van der Waals surface area (Å²) in [4.78, 5) is 16.0. The van der Waals surface area contributed by atoms with Gasteiger partial charge in [-0.15, -0.1) is 0 Å². The van der Waals surface area contributed by atoms with Crippen molar-refractivity contribution in [3.05, 3.63) is 35.4 Å². The number of hydrogen-bond acceptors (Lipinski definition) is 2. The molecular formula is C22H31F3N2O2. The lowest BCUT2D eigenvalue weighted by atomic mass is 9.76. The predicted molar refractivity (Wildman–Crippen MR) is 106 cm³/mol. The Balaban J connectivity index is 1.89. The first-order valence-corrected chi connectivity index (χ1v) is 10.4. The number of carbonyl (C=O) groups is 1. The lowest BCUT2D eigenvalue weighted by molar-refractivity contribution is -0.137. The molecule has 162 valence electrons. The SMILES string of the molecule is CC(C)(C)N(C(=O)O)[C@H]1CC[C@H](c2cccc(C(F)(F)F)c2)C[C@@H]1N1CCCC1. The molecule has 1 aromatic carbocycles. The highest BCUT2D eigenvalue weighted by atomic mass is 19.4. The van der Waals surface area contributed by atoms with Gasteiger partial charge in [-0.25, -0.2) is 4.79 Å². The molecule has 1 aliphatic carbocycles. The molecule has 1 N–H and O–H groups in total. The summed E-state index contributed by atoms with van der Waals surface area (Å²) in [5.74, 6) is 0.00904. The number of nitrogens with zero attached hydrogens (tertiary/aromatic N) is 2. The molecule has 0 unspecified atom stereocenters. The van der Waals surface area contributed by atoms with Gasteiger partial charge in [-0.05, 0) is 83.5 Å². The minimum atomic E-state index is -4.35. The van der Waals surface area contributed by atoms with Crippen LogP contribution in [0.4, 0.5) is 18.0 Å². The van der Waals surface area contributed by atoms with Crippen molar-refractivity contribution in [2.24, 2.45) is 0 Å². The second-order valence-corrected chi connectivity index (χ2v) is 9.33. The van der Waals surface area contributed by atoms with Crippen LogP contribution in [0.3, 0.4) is 0 Å². The largest absolute Gasteiger partial charge is 0.465 e. The average Bonchev–Trinajstić information content (AvgIpc) is 3.14. The summed E-state index contributed by atoms with van der Waals surface area (Å²) < 4.78 is 39.5. The maximum atomic E-state index is 13.2. The van der Waals surface area contributed by atoms with Gasteiger partial charge in [0.15, 0.2) is 0 Å². The van der Waals surface area contributed by atoms with Crippen molar-refractivity contribution < 1.29 is 23.1 Å². The van der Waals surface area contributed by atoms with E-state index in [1.165, 1.54) is 12.1 Å². The minimum Gasteiger partial charge on any atom is -0.465 e. The smallest absolute Gasteiger partial charge is 0.416 e. The van der Waals surface area contributed by atoms with E-state index in [0.29, 0.717) is 24.8 Å². The molecule has 1 aromatic rings. The number of benzene rings is 1. The van der Waals surface area contributed by atoms with E-state index in [0.717, 1.165) is 32.0 Å². The lowest BCUT2D eigenvalue weighted by Crippen LogP contribution is -2.60. The van der Waals surface area contributed by atoms with Crippen LogP contribution in [-0.2, 0) is 6.18 Å². The summed E-state index contributed by atoms with van der Waals surface area (Å²) in [7, 11) is 0. The predicted octanol–water partition coefficient (Wildman–Crippen LogP) is 5.58. The second kappa shape index (κ2) is 8.17. The van der Waals surface area contributed by atoms with Gasteiger partial charge in [0.05, 0.1) is 11.6 Å². The average molecular weight is 412 g/mol. The van der Waals surface area contributed by atoms with Crippen molar-refractivity contribution in [2.75, 3.05) is 13.1 Å². The highest BCUT2D eigenvalue weighted by Gasteiger charge is 2.44. The van der Waals surface area contributed by atoms with E-state index < -0.39 is 23.4 Å². The topological polar surface area (TPSA) is 43.8 Å². The molecule has 2 aliphatic rings. The van der Waals surface area contributed by atoms with Crippen molar-refractivity contribution in [2.45, 2.75) is 82.6 Å². The van der Waals surface area contributed by atoms with Crippen LogP contribution in [0, 0.1) is 0 Å². The number of amides is 1. The van der Waals surface area contributed by atoms with Crippen molar-refractivity contribution in [1.82, 2.24) is 9.80 Å². The molecule has 4 nitrogen and oxygen atoms in total. The first kappa shape index (κ1) is 21.9. The highest BCUT2D eigenvalue weighted by Crippen LogP contribution is 2.41. The fourth-order valence-corrected chi connectivity index (χ4v) is 5.10. The Morgan fingerprint density at radius 1 is 1.14 bits per heavy atom. The number of halogens is 3. The molecule has 0 aromatic heterocycles. The third-order valence-electron chi connectivity index (χ3n) is 6.34. The van der Waals surface area contributed by atoms with Gasteiger partial charge in [-0.3, -0.25) is 9.80 Å². The van der Waals surface area contributed by atoms with Gasteiger partial charge in [0.2, 0.25) is 0 Å². The maximum absolute atomic E-state index is 13.2. The van der Waals surface area contributed by atoms with Crippen LogP contribution in [0.2, 0.25) is 0 Å². The lowest BCUT2D eigenvalue weighted by Gasteiger charge is -2.49. The normalized spacial score (nSPS) is 26.5. The zero-order chi connectivity index (χ0) is 21.4. The van der Waals surface area contributed by atoms with Crippen LogP contribution in [0.15, 0.2) is 24.3 Å². The highest BCUT2D eigenvalue weighted by molar-refractivity contribution is 5.66. The van der Waals surface area contributed by atoms with Crippen molar-refractivity contribution in [3.8, 4) is 0 Å². The third-order valence-corrected chi connectivity index (χ3v) is 6.34. The molecule has 1 aliphatic heterocycles. The van der Waals surface area contributed by atoms with E-state index in [4.69, 9.17) is 0 Å². The zero-order valence-electron chi connectivity index (χ0n) is 17.4. The molecule has 3 rings (SSSR count). The fraction of sp³-hybridized carbons (Fsp3) is 0.682. The number of rotatable bonds is 3. The molecule has 2 fully saturated rings. The van der Waals surface area contributed by atoms with Crippen molar-refractivity contribution >= 4 is 6.09 Å². The summed E-state index contributed by atoms with van der Waals surface area (Å²) in [5, 5.41) is 9.91. The Labute approximate surface area is 170 Å². The number of hydrogen-bond donors (Lipinski definition) is 1. The van der Waals surface area contributed by atoms with Gasteiger partial charge in [0.1, 0.15) is 0 Å². The van der Waals surface area contributed by atoms with E-state index in [1.807, 2.05) is 20.8 Å². The van der Waals surface area contributed by atoms with E-state index in [-0.39, 0.29) is 18.0 Å². The van der Waals surface area contributed by atoms with Gasteiger partial charge < -0.3 is 5.11 Å². The number of carboxylic acid groups (broad SMARTS) is 1. The van der Waals surface area contributed by atoms with Gasteiger partial charge in [-0.2, -0.15) is 13.2 Å². The summed E-state index contributed by atoms with van der Waals surface area (Å²) in [6.07, 6.45) is -1.08. The third kappa shape index (κ3) is 4.87. The van der Waals surface area contributed by atoms with Gasteiger partial charge >= 0.3 is 12.3 Å². The summed E-state index contributed by atoms with van der Waals surface area (Å²) in [6, 6.07) is 5.52. The Morgan fingerprint density at radius 2 is 1.79 bits per heavy atom. The van der Waals surface area contributed by atoms with Crippen LogP contribution in [0.1, 0.15) is 69.9 Å². The minimum absolute atomic E-state index is 0.00904. The molecule has 29 heavy (non-hydrogen) atoms. The molecule has 1 amide bonds. The number of likely N-dealkylation sites (tertiary alicyclic amines) is 1. The molecule has 1 saturated heterocycles. The van der Waals surface area contributed by atoms with E-state index in [9.17, 15) is 23.1 Å². The molecular weight excluding hydrogens is 381 g/mol. The van der Waals surface area contributed by atoms with Crippen LogP contribution in [-0.4, -0.2) is 51.7 Å². The van der Waals surface area contributed by atoms with Crippen LogP contribution >= 0.6 is 0 Å². The number of alkyl halides is 3. The Hall–Kier alpha value is -1.76. The Kier molecular flexibility index (Phi) is 6.18. The van der Waals surface area contributed by atoms with Gasteiger partial charge in [-0.1, -0.05) is 18.2 Å². The molecule has 0 spiro atoms. The van der Waals surface area contributed by atoms with Crippen molar-refractivity contribution in [1.29, 1.82) is 0 Å². The zero-order valence-corrected chi connectivity index (χ0v) is 17.4. The molecule has 3 atom stereocenters. The standard InChI is InChI=1S/C22H31F3N2O2/c1-21(2,3)27(20(28)29)18-10-9-16(14-19(18)26-11-4-5-12-26)15-7-6-8-17(13-15)22(23,24)25/h6-8,13,16,18-19H,4-5,9-12,14H2,1-3H3,(H,28,29)/t16-,18-,19-/m0/s1.